The number of Topliss-reactive ketones (excluding diaryl/α,β-unsaturated/α-hetero) is 1. The fourth-order valence-electron chi connectivity index (χ4n) is 1.28. The summed E-state index contributed by atoms with van der Waals surface area (Å²) in [5.74, 6) is -0.177. The van der Waals surface area contributed by atoms with Crippen LogP contribution in [0.2, 0.25) is 0 Å². The van der Waals surface area contributed by atoms with Gasteiger partial charge in [-0.2, -0.15) is 0 Å². The molecule has 1 aliphatic carbocycles. The van der Waals surface area contributed by atoms with Gasteiger partial charge in [0, 0.05) is 12.8 Å². The molecule has 0 aromatic heterocycles. The van der Waals surface area contributed by atoms with Gasteiger partial charge < -0.3 is 4.74 Å². The number of esters is 1. The molecule has 1 rings (SSSR count). The molecular formula is C8H12O3. The van der Waals surface area contributed by atoms with E-state index in [9.17, 15) is 9.59 Å². The number of hydrogen-bond acceptors (Lipinski definition) is 3. The van der Waals surface area contributed by atoms with Crippen molar-refractivity contribution >= 4 is 11.8 Å². The number of ketones is 1. The first-order valence-electron chi connectivity index (χ1n) is 3.92. The van der Waals surface area contributed by atoms with Crippen molar-refractivity contribution in [3.63, 3.8) is 0 Å². The van der Waals surface area contributed by atoms with Crippen LogP contribution in [0.5, 0.6) is 0 Å². The highest BCUT2D eigenvalue weighted by molar-refractivity contribution is 5.87. The van der Waals surface area contributed by atoms with Gasteiger partial charge in [-0.3, -0.25) is 9.59 Å². The maximum atomic E-state index is 11.0. The van der Waals surface area contributed by atoms with Gasteiger partial charge in [-0.05, 0) is 13.3 Å². The van der Waals surface area contributed by atoms with Crippen LogP contribution in [0.4, 0.5) is 0 Å². The first kappa shape index (κ1) is 8.24. The zero-order valence-electron chi connectivity index (χ0n) is 6.63. The van der Waals surface area contributed by atoms with E-state index in [4.69, 9.17) is 4.74 Å². The van der Waals surface area contributed by atoms with Gasteiger partial charge in [-0.25, -0.2) is 0 Å². The summed E-state index contributed by atoms with van der Waals surface area (Å²) in [4.78, 5) is 21.8. The number of rotatable bonds is 2. The summed E-state index contributed by atoms with van der Waals surface area (Å²) in [5.41, 5.74) is 0. The Labute approximate surface area is 65.7 Å². The molecule has 0 heterocycles. The molecule has 0 radical (unpaired) electrons. The SMILES string of the molecule is CCOC(=O)[C@@H]1CCC(=O)C1. The van der Waals surface area contributed by atoms with Crippen molar-refractivity contribution in [1.82, 2.24) is 0 Å². The van der Waals surface area contributed by atoms with Crippen LogP contribution in [-0.4, -0.2) is 18.4 Å². The second-order valence-corrected chi connectivity index (χ2v) is 2.73. The average Bonchev–Trinajstić information content (AvgIpc) is 2.36. The van der Waals surface area contributed by atoms with Crippen LogP contribution >= 0.6 is 0 Å². The van der Waals surface area contributed by atoms with Gasteiger partial charge in [0.05, 0.1) is 12.5 Å². The fourth-order valence-corrected chi connectivity index (χ4v) is 1.28. The number of carbonyl (C=O) groups excluding carboxylic acids is 2. The van der Waals surface area contributed by atoms with Gasteiger partial charge in [-0.1, -0.05) is 0 Å². The smallest absolute Gasteiger partial charge is 0.309 e. The van der Waals surface area contributed by atoms with E-state index in [1.165, 1.54) is 0 Å². The third-order valence-electron chi connectivity index (χ3n) is 1.87. The zero-order chi connectivity index (χ0) is 8.27. The Morgan fingerprint density at radius 2 is 2.45 bits per heavy atom. The minimum Gasteiger partial charge on any atom is -0.466 e. The Morgan fingerprint density at radius 1 is 1.73 bits per heavy atom. The molecule has 0 unspecified atom stereocenters. The van der Waals surface area contributed by atoms with Gasteiger partial charge in [0.1, 0.15) is 5.78 Å². The molecular weight excluding hydrogens is 144 g/mol. The average molecular weight is 156 g/mol. The Kier molecular flexibility index (Phi) is 2.63. The Hall–Kier alpha value is -0.860. The van der Waals surface area contributed by atoms with E-state index in [2.05, 4.69) is 0 Å². The minimum absolute atomic E-state index is 0.151. The predicted molar refractivity (Wildman–Crippen MR) is 39.0 cm³/mol. The summed E-state index contributed by atoms with van der Waals surface area (Å²) in [6.07, 6.45) is 1.61. The van der Waals surface area contributed by atoms with Crippen LogP contribution < -0.4 is 0 Å². The molecule has 0 spiro atoms. The van der Waals surface area contributed by atoms with Gasteiger partial charge in [0.25, 0.3) is 0 Å². The molecule has 1 atom stereocenters. The van der Waals surface area contributed by atoms with E-state index < -0.39 is 0 Å². The molecule has 0 N–H and O–H groups in total. The van der Waals surface area contributed by atoms with Gasteiger partial charge in [-0.15, -0.1) is 0 Å². The van der Waals surface area contributed by atoms with Crippen molar-refractivity contribution in [1.29, 1.82) is 0 Å². The van der Waals surface area contributed by atoms with Crippen molar-refractivity contribution in [3.8, 4) is 0 Å². The van der Waals surface area contributed by atoms with E-state index in [1.54, 1.807) is 6.92 Å². The van der Waals surface area contributed by atoms with Crippen LogP contribution in [-0.2, 0) is 14.3 Å². The highest BCUT2D eigenvalue weighted by Crippen LogP contribution is 2.22. The maximum Gasteiger partial charge on any atom is 0.309 e. The molecule has 0 aromatic rings. The number of ether oxygens (including phenoxy) is 1. The van der Waals surface area contributed by atoms with Crippen molar-refractivity contribution in [2.45, 2.75) is 26.2 Å². The largest absolute Gasteiger partial charge is 0.466 e. The molecule has 3 nitrogen and oxygen atoms in total. The van der Waals surface area contributed by atoms with Crippen molar-refractivity contribution < 1.29 is 14.3 Å². The monoisotopic (exact) mass is 156 g/mol. The van der Waals surface area contributed by atoms with Crippen LogP contribution in [0.1, 0.15) is 26.2 Å². The summed E-state index contributed by atoms with van der Waals surface area (Å²) >= 11 is 0. The summed E-state index contributed by atoms with van der Waals surface area (Å²) < 4.78 is 4.78. The lowest BCUT2D eigenvalue weighted by molar-refractivity contribution is -0.148. The summed E-state index contributed by atoms with van der Waals surface area (Å²) in [7, 11) is 0. The van der Waals surface area contributed by atoms with Gasteiger partial charge >= 0.3 is 5.97 Å². The van der Waals surface area contributed by atoms with Crippen LogP contribution in [0.15, 0.2) is 0 Å². The van der Waals surface area contributed by atoms with Gasteiger partial charge in [0.2, 0.25) is 0 Å². The quantitative estimate of drug-likeness (QED) is 0.558. The van der Waals surface area contributed by atoms with E-state index in [0.29, 0.717) is 25.9 Å². The zero-order valence-corrected chi connectivity index (χ0v) is 6.63. The highest BCUT2D eigenvalue weighted by atomic mass is 16.5. The van der Waals surface area contributed by atoms with Crippen LogP contribution in [0.25, 0.3) is 0 Å². The molecule has 62 valence electrons. The molecule has 0 aromatic carbocycles. The van der Waals surface area contributed by atoms with Crippen molar-refractivity contribution in [2.24, 2.45) is 5.92 Å². The van der Waals surface area contributed by atoms with E-state index in [-0.39, 0.29) is 17.7 Å². The molecule has 0 amide bonds. The normalized spacial score (nSPS) is 23.7. The summed E-state index contributed by atoms with van der Waals surface area (Å²) in [6.45, 7) is 2.18. The van der Waals surface area contributed by atoms with Gasteiger partial charge in [0.15, 0.2) is 0 Å². The van der Waals surface area contributed by atoms with Crippen molar-refractivity contribution in [3.05, 3.63) is 0 Å². The lowest BCUT2D eigenvalue weighted by atomic mass is 10.1. The highest BCUT2D eigenvalue weighted by Gasteiger charge is 2.28. The molecule has 1 fully saturated rings. The predicted octanol–water partition coefficient (Wildman–Crippen LogP) is 0.919. The standard InChI is InChI=1S/C8H12O3/c1-2-11-8(10)6-3-4-7(9)5-6/h6H,2-5H2,1H3/t6-/m1/s1. The molecule has 3 heteroatoms. The van der Waals surface area contributed by atoms with Crippen LogP contribution in [0.3, 0.4) is 0 Å². The summed E-state index contributed by atoms with van der Waals surface area (Å²) in [5, 5.41) is 0. The number of hydrogen-bond donors (Lipinski definition) is 0. The molecule has 1 saturated carbocycles. The second kappa shape index (κ2) is 3.51. The molecule has 0 saturated heterocycles. The van der Waals surface area contributed by atoms with E-state index in [0.717, 1.165) is 0 Å². The third kappa shape index (κ3) is 2.03. The first-order chi connectivity index (χ1) is 5.24. The second-order valence-electron chi connectivity index (χ2n) is 2.73. The van der Waals surface area contributed by atoms with Crippen molar-refractivity contribution in [2.75, 3.05) is 6.61 Å². The maximum absolute atomic E-state index is 11.0. The summed E-state index contributed by atoms with van der Waals surface area (Å²) in [6, 6.07) is 0. The third-order valence-corrected chi connectivity index (χ3v) is 1.87. The molecule has 0 bridgehead atoms. The fraction of sp³-hybridized carbons (Fsp3) is 0.750. The number of carbonyl (C=O) groups is 2. The Morgan fingerprint density at radius 3 is 2.91 bits per heavy atom. The van der Waals surface area contributed by atoms with Crippen LogP contribution in [0, 0.1) is 5.92 Å². The molecule has 11 heavy (non-hydrogen) atoms. The molecule has 0 aliphatic heterocycles. The topological polar surface area (TPSA) is 43.4 Å². The molecule has 1 aliphatic rings. The Bertz CT molecular complexity index is 174. The first-order valence-corrected chi connectivity index (χ1v) is 3.92. The lowest BCUT2D eigenvalue weighted by Crippen LogP contribution is -2.14. The Balaban J connectivity index is 2.37. The lowest BCUT2D eigenvalue weighted by Gasteiger charge is -2.05. The van der Waals surface area contributed by atoms with E-state index in [1.807, 2.05) is 0 Å². The van der Waals surface area contributed by atoms with E-state index >= 15 is 0 Å². The minimum atomic E-state index is -0.210.